The Kier molecular flexibility index (Phi) is 3.16. The van der Waals surface area contributed by atoms with Gasteiger partial charge in [-0.3, -0.25) is 0 Å². The van der Waals surface area contributed by atoms with Gasteiger partial charge < -0.3 is 10.5 Å². The summed E-state index contributed by atoms with van der Waals surface area (Å²) in [5.41, 5.74) is 5.51. The lowest BCUT2D eigenvalue weighted by atomic mass is 9.95. The molecule has 0 radical (unpaired) electrons. The third-order valence-corrected chi connectivity index (χ3v) is 2.16. The van der Waals surface area contributed by atoms with Crippen LogP contribution in [-0.2, 0) is 4.74 Å². The first kappa shape index (κ1) is 8.02. The normalized spacial score (nSPS) is 28.8. The van der Waals surface area contributed by atoms with Gasteiger partial charge in [0.25, 0.3) is 0 Å². The predicted octanol–water partition coefficient (Wildman–Crippen LogP) is 1.01. The van der Waals surface area contributed by atoms with Crippen molar-refractivity contribution < 1.29 is 4.74 Å². The molecule has 1 rings (SSSR count). The average molecular weight is 143 g/mol. The standard InChI is InChI=1S/C8H17NO/c1-7(5-9)4-8-2-3-10-6-8/h7-8H,2-6,9H2,1H3/t7-,8?/m0/s1. The molecule has 0 bridgehead atoms. The van der Waals surface area contributed by atoms with E-state index in [2.05, 4.69) is 6.92 Å². The van der Waals surface area contributed by atoms with Crippen LogP contribution < -0.4 is 5.73 Å². The topological polar surface area (TPSA) is 35.2 Å². The first-order valence-corrected chi connectivity index (χ1v) is 4.10. The molecular formula is C8H17NO. The van der Waals surface area contributed by atoms with E-state index in [0.717, 1.165) is 25.7 Å². The van der Waals surface area contributed by atoms with E-state index in [1.807, 2.05) is 0 Å². The molecule has 0 aromatic heterocycles. The molecule has 1 saturated heterocycles. The molecule has 0 amide bonds. The van der Waals surface area contributed by atoms with Crippen LogP contribution in [0.5, 0.6) is 0 Å². The molecule has 0 spiro atoms. The lowest BCUT2D eigenvalue weighted by Crippen LogP contribution is -2.15. The maximum Gasteiger partial charge on any atom is 0.0495 e. The maximum absolute atomic E-state index is 5.51. The summed E-state index contributed by atoms with van der Waals surface area (Å²) >= 11 is 0. The fraction of sp³-hybridized carbons (Fsp3) is 1.00. The second-order valence-electron chi connectivity index (χ2n) is 3.31. The molecule has 2 nitrogen and oxygen atoms in total. The van der Waals surface area contributed by atoms with Crippen molar-refractivity contribution in [3.8, 4) is 0 Å². The monoisotopic (exact) mass is 143 g/mol. The molecular weight excluding hydrogens is 126 g/mol. The minimum Gasteiger partial charge on any atom is -0.381 e. The van der Waals surface area contributed by atoms with Gasteiger partial charge in [0.15, 0.2) is 0 Å². The van der Waals surface area contributed by atoms with E-state index in [9.17, 15) is 0 Å². The Labute approximate surface area is 62.7 Å². The number of rotatable bonds is 3. The van der Waals surface area contributed by atoms with Crippen molar-refractivity contribution in [2.45, 2.75) is 19.8 Å². The molecule has 2 N–H and O–H groups in total. The van der Waals surface area contributed by atoms with E-state index in [-0.39, 0.29) is 0 Å². The molecule has 0 aliphatic carbocycles. The highest BCUT2D eigenvalue weighted by Crippen LogP contribution is 2.20. The van der Waals surface area contributed by atoms with Crippen molar-refractivity contribution in [2.24, 2.45) is 17.6 Å². The first-order chi connectivity index (χ1) is 4.83. The lowest BCUT2D eigenvalue weighted by molar-refractivity contribution is 0.181. The fourth-order valence-corrected chi connectivity index (χ4v) is 1.43. The molecule has 2 heteroatoms. The number of nitrogens with two attached hydrogens (primary N) is 1. The number of hydrogen-bond donors (Lipinski definition) is 1. The summed E-state index contributed by atoms with van der Waals surface area (Å²) in [5.74, 6) is 1.46. The van der Waals surface area contributed by atoms with Gasteiger partial charge in [-0.25, -0.2) is 0 Å². The summed E-state index contributed by atoms with van der Waals surface area (Å²) in [4.78, 5) is 0. The van der Waals surface area contributed by atoms with Crippen LogP contribution in [0.2, 0.25) is 0 Å². The summed E-state index contributed by atoms with van der Waals surface area (Å²) in [5, 5.41) is 0. The Morgan fingerprint density at radius 1 is 1.70 bits per heavy atom. The van der Waals surface area contributed by atoms with Crippen molar-refractivity contribution >= 4 is 0 Å². The van der Waals surface area contributed by atoms with Crippen molar-refractivity contribution in [3.05, 3.63) is 0 Å². The van der Waals surface area contributed by atoms with E-state index >= 15 is 0 Å². The summed E-state index contributed by atoms with van der Waals surface area (Å²) < 4.78 is 5.26. The SMILES string of the molecule is C[C@H](CN)CC1CCOC1. The zero-order valence-electron chi connectivity index (χ0n) is 6.68. The van der Waals surface area contributed by atoms with Gasteiger partial charge in [0.05, 0.1) is 0 Å². The minimum absolute atomic E-state index is 0.673. The zero-order chi connectivity index (χ0) is 7.40. The molecule has 60 valence electrons. The maximum atomic E-state index is 5.51. The van der Waals surface area contributed by atoms with Crippen LogP contribution in [0.1, 0.15) is 19.8 Å². The highest BCUT2D eigenvalue weighted by Gasteiger charge is 2.17. The minimum atomic E-state index is 0.673. The van der Waals surface area contributed by atoms with E-state index < -0.39 is 0 Å². The summed E-state index contributed by atoms with van der Waals surface area (Å²) in [7, 11) is 0. The lowest BCUT2D eigenvalue weighted by Gasteiger charge is -2.11. The van der Waals surface area contributed by atoms with Crippen molar-refractivity contribution in [2.75, 3.05) is 19.8 Å². The molecule has 10 heavy (non-hydrogen) atoms. The third kappa shape index (κ3) is 2.27. The Hall–Kier alpha value is -0.0800. The zero-order valence-corrected chi connectivity index (χ0v) is 6.68. The van der Waals surface area contributed by atoms with Crippen LogP contribution in [0.3, 0.4) is 0 Å². The second kappa shape index (κ2) is 3.94. The molecule has 1 fully saturated rings. The average Bonchev–Trinajstić information content (AvgIpc) is 2.40. The van der Waals surface area contributed by atoms with Crippen LogP contribution in [0.15, 0.2) is 0 Å². The Morgan fingerprint density at radius 3 is 3.00 bits per heavy atom. The van der Waals surface area contributed by atoms with Crippen molar-refractivity contribution in [3.63, 3.8) is 0 Å². The van der Waals surface area contributed by atoms with E-state index in [1.54, 1.807) is 0 Å². The summed E-state index contributed by atoms with van der Waals surface area (Å²) in [6.45, 7) is 4.95. The molecule has 0 aromatic carbocycles. The quantitative estimate of drug-likeness (QED) is 0.640. The second-order valence-corrected chi connectivity index (χ2v) is 3.31. The van der Waals surface area contributed by atoms with Gasteiger partial charge in [0.1, 0.15) is 0 Å². The number of ether oxygens (including phenoxy) is 1. The molecule has 1 aliphatic heterocycles. The van der Waals surface area contributed by atoms with Gasteiger partial charge in [-0.05, 0) is 31.2 Å². The fourth-order valence-electron chi connectivity index (χ4n) is 1.43. The van der Waals surface area contributed by atoms with Crippen LogP contribution in [0.4, 0.5) is 0 Å². The largest absolute Gasteiger partial charge is 0.381 e. The van der Waals surface area contributed by atoms with Gasteiger partial charge in [0, 0.05) is 13.2 Å². The summed E-state index contributed by atoms with van der Waals surface area (Å²) in [6.07, 6.45) is 2.49. The Morgan fingerprint density at radius 2 is 2.50 bits per heavy atom. The first-order valence-electron chi connectivity index (χ1n) is 4.10. The molecule has 1 aliphatic rings. The van der Waals surface area contributed by atoms with Crippen LogP contribution in [0.25, 0.3) is 0 Å². The van der Waals surface area contributed by atoms with Crippen LogP contribution >= 0.6 is 0 Å². The Bertz CT molecular complexity index is 89.3. The van der Waals surface area contributed by atoms with Crippen molar-refractivity contribution in [1.82, 2.24) is 0 Å². The number of hydrogen-bond acceptors (Lipinski definition) is 2. The van der Waals surface area contributed by atoms with Gasteiger partial charge >= 0.3 is 0 Å². The van der Waals surface area contributed by atoms with Gasteiger partial charge in [0.2, 0.25) is 0 Å². The third-order valence-electron chi connectivity index (χ3n) is 2.16. The predicted molar refractivity (Wildman–Crippen MR) is 41.8 cm³/mol. The smallest absolute Gasteiger partial charge is 0.0495 e. The van der Waals surface area contributed by atoms with Gasteiger partial charge in [-0.15, -0.1) is 0 Å². The van der Waals surface area contributed by atoms with E-state index in [1.165, 1.54) is 12.8 Å². The summed E-state index contributed by atoms with van der Waals surface area (Å²) in [6, 6.07) is 0. The van der Waals surface area contributed by atoms with Gasteiger partial charge in [-0.1, -0.05) is 6.92 Å². The molecule has 2 atom stereocenters. The highest BCUT2D eigenvalue weighted by molar-refractivity contribution is 4.67. The highest BCUT2D eigenvalue weighted by atomic mass is 16.5. The van der Waals surface area contributed by atoms with Gasteiger partial charge in [-0.2, -0.15) is 0 Å². The van der Waals surface area contributed by atoms with E-state index in [4.69, 9.17) is 10.5 Å². The van der Waals surface area contributed by atoms with E-state index in [0.29, 0.717) is 5.92 Å². The van der Waals surface area contributed by atoms with Crippen LogP contribution in [0, 0.1) is 11.8 Å². The molecule has 0 aromatic rings. The van der Waals surface area contributed by atoms with Crippen LogP contribution in [-0.4, -0.2) is 19.8 Å². The molecule has 0 saturated carbocycles. The Balaban J connectivity index is 2.11. The van der Waals surface area contributed by atoms with Crippen molar-refractivity contribution in [1.29, 1.82) is 0 Å². The molecule has 1 unspecified atom stereocenters. The molecule has 1 heterocycles.